The Hall–Kier alpha value is -1.52. The third-order valence-corrected chi connectivity index (χ3v) is 3.38. The number of aromatic nitrogens is 1. The minimum atomic E-state index is 0.240. The number of hydrogen-bond donors (Lipinski definition) is 2. The molecule has 18 heavy (non-hydrogen) atoms. The Morgan fingerprint density at radius 2 is 2.33 bits per heavy atom. The monoisotopic (exact) mass is 246 g/mol. The number of rotatable bonds is 2. The highest BCUT2D eigenvalue weighted by molar-refractivity contribution is 5.86. The lowest BCUT2D eigenvalue weighted by Crippen LogP contribution is -2.23. The lowest BCUT2D eigenvalue weighted by molar-refractivity contribution is 0.131. The van der Waals surface area contributed by atoms with Crippen molar-refractivity contribution in [3.05, 3.63) is 30.0 Å². The van der Waals surface area contributed by atoms with Crippen LogP contribution in [0.25, 0.3) is 10.9 Å². The molecule has 0 saturated carbocycles. The predicted octanol–water partition coefficient (Wildman–Crippen LogP) is 2.23. The molecule has 4 nitrogen and oxygen atoms in total. The van der Waals surface area contributed by atoms with E-state index < -0.39 is 0 Å². The van der Waals surface area contributed by atoms with Crippen molar-refractivity contribution in [2.24, 2.45) is 0 Å². The second-order valence-electron chi connectivity index (χ2n) is 4.58. The topological polar surface area (TPSA) is 46.3 Å². The van der Waals surface area contributed by atoms with Gasteiger partial charge < -0.3 is 19.8 Å². The molecule has 1 aromatic heterocycles. The zero-order valence-electron chi connectivity index (χ0n) is 10.5. The first-order valence-corrected chi connectivity index (χ1v) is 6.35. The Labute approximate surface area is 106 Å². The number of nitrogens with one attached hydrogen (secondary N) is 2. The summed E-state index contributed by atoms with van der Waals surface area (Å²) in [5.74, 6) is 0.907. The number of benzene rings is 1. The third-order valence-electron chi connectivity index (χ3n) is 3.38. The molecule has 4 heteroatoms. The first-order chi connectivity index (χ1) is 8.88. The molecule has 1 saturated heterocycles. The van der Waals surface area contributed by atoms with Crippen molar-refractivity contribution in [1.82, 2.24) is 10.3 Å². The molecule has 3 rings (SSSR count). The van der Waals surface area contributed by atoms with E-state index in [1.807, 2.05) is 12.1 Å². The Bertz CT molecular complexity index is 528. The Morgan fingerprint density at radius 3 is 3.22 bits per heavy atom. The van der Waals surface area contributed by atoms with Gasteiger partial charge in [0.05, 0.1) is 19.8 Å². The molecule has 0 spiro atoms. The molecule has 0 amide bonds. The summed E-state index contributed by atoms with van der Waals surface area (Å²) in [5, 5.41) is 4.63. The van der Waals surface area contributed by atoms with E-state index in [2.05, 4.69) is 22.4 Å². The van der Waals surface area contributed by atoms with E-state index in [4.69, 9.17) is 9.47 Å². The highest BCUT2D eigenvalue weighted by atomic mass is 16.5. The fourth-order valence-electron chi connectivity index (χ4n) is 2.43. The normalized spacial score (nSPS) is 20.8. The number of H-pyrrole nitrogens is 1. The smallest absolute Gasteiger partial charge is 0.128 e. The van der Waals surface area contributed by atoms with Crippen molar-refractivity contribution in [2.75, 3.05) is 26.9 Å². The lowest BCUT2D eigenvalue weighted by Gasteiger charge is -2.13. The second-order valence-corrected chi connectivity index (χ2v) is 4.58. The van der Waals surface area contributed by atoms with Gasteiger partial charge in [-0.05, 0) is 31.2 Å². The van der Waals surface area contributed by atoms with Crippen LogP contribution in [0.5, 0.6) is 5.75 Å². The van der Waals surface area contributed by atoms with Gasteiger partial charge in [-0.15, -0.1) is 0 Å². The molecule has 1 fully saturated rings. The van der Waals surface area contributed by atoms with Gasteiger partial charge >= 0.3 is 0 Å². The van der Waals surface area contributed by atoms with E-state index in [1.165, 1.54) is 0 Å². The van der Waals surface area contributed by atoms with Crippen LogP contribution in [0, 0.1) is 0 Å². The van der Waals surface area contributed by atoms with E-state index in [0.29, 0.717) is 0 Å². The Balaban J connectivity index is 1.96. The predicted molar refractivity (Wildman–Crippen MR) is 71.0 cm³/mol. The van der Waals surface area contributed by atoms with Gasteiger partial charge in [0.2, 0.25) is 0 Å². The van der Waals surface area contributed by atoms with Crippen LogP contribution in [0.2, 0.25) is 0 Å². The van der Waals surface area contributed by atoms with Gasteiger partial charge in [0, 0.05) is 23.2 Å². The van der Waals surface area contributed by atoms with Crippen molar-refractivity contribution in [1.29, 1.82) is 0 Å². The second kappa shape index (κ2) is 5.00. The molecule has 1 aliphatic heterocycles. The average molecular weight is 246 g/mol. The van der Waals surface area contributed by atoms with Gasteiger partial charge in [-0.2, -0.15) is 0 Å². The Kier molecular flexibility index (Phi) is 3.21. The van der Waals surface area contributed by atoms with Gasteiger partial charge in [-0.25, -0.2) is 0 Å². The van der Waals surface area contributed by atoms with E-state index in [9.17, 15) is 0 Å². The number of fused-ring (bicyclic) bond motifs is 1. The van der Waals surface area contributed by atoms with Crippen molar-refractivity contribution in [3.8, 4) is 5.75 Å². The summed E-state index contributed by atoms with van der Waals surface area (Å²) in [4.78, 5) is 3.45. The van der Waals surface area contributed by atoms with Gasteiger partial charge in [0.15, 0.2) is 0 Å². The summed E-state index contributed by atoms with van der Waals surface area (Å²) in [5.41, 5.74) is 2.27. The maximum absolute atomic E-state index is 5.60. The van der Waals surface area contributed by atoms with E-state index in [0.717, 1.165) is 48.5 Å². The van der Waals surface area contributed by atoms with E-state index >= 15 is 0 Å². The molecule has 0 bridgehead atoms. The van der Waals surface area contributed by atoms with Gasteiger partial charge in [-0.3, -0.25) is 0 Å². The fraction of sp³-hybridized carbons (Fsp3) is 0.429. The van der Waals surface area contributed by atoms with Gasteiger partial charge in [0.1, 0.15) is 5.75 Å². The van der Waals surface area contributed by atoms with Crippen LogP contribution in [-0.2, 0) is 4.74 Å². The van der Waals surface area contributed by atoms with Crippen molar-refractivity contribution < 1.29 is 9.47 Å². The SMILES string of the molecule is COc1cccc2[nH]c(C3COCCCN3)cc12. The first kappa shape index (κ1) is 11.6. The van der Waals surface area contributed by atoms with Gasteiger partial charge in [-0.1, -0.05) is 6.07 Å². The summed E-state index contributed by atoms with van der Waals surface area (Å²) in [6, 6.07) is 8.44. The van der Waals surface area contributed by atoms with Crippen molar-refractivity contribution in [2.45, 2.75) is 12.5 Å². The van der Waals surface area contributed by atoms with E-state index in [1.54, 1.807) is 7.11 Å². The van der Waals surface area contributed by atoms with Gasteiger partial charge in [0.25, 0.3) is 0 Å². The largest absolute Gasteiger partial charge is 0.496 e. The molecular weight excluding hydrogens is 228 g/mol. The molecule has 1 unspecified atom stereocenters. The van der Waals surface area contributed by atoms with Crippen LogP contribution in [0.4, 0.5) is 0 Å². The highest BCUT2D eigenvalue weighted by Crippen LogP contribution is 2.28. The number of aromatic amines is 1. The number of methoxy groups -OCH3 is 1. The minimum Gasteiger partial charge on any atom is -0.496 e. The van der Waals surface area contributed by atoms with Crippen LogP contribution in [0.3, 0.4) is 0 Å². The van der Waals surface area contributed by atoms with Crippen molar-refractivity contribution >= 4 is 10.9 Å². The molecule has 96 valence electrons. The fourth-order valence-corrected chi connectivity index (χ4v) is 2.43. The maximum atomic E-state index is 5.60. The lowest BCUT2D eigenvalue weighted by atomic mass is 10.2. The quantitative estimate of drug-likeness (QED) is 0.854. The number of hydrogen-bond acceptors (Lipinski definition) is 3. The average Bonchev–Trinajstić information content (AvgIpc) is 2.65. The molecule has 0 aliphatic carbocycles. The zero-order chi connectivity index (χ0) is 12.4. The zero-order valence-corrected chi connectivity index (χ0v) is 10.5. The summed E-state index contributed by atoms with van der Waals surface area (Å²) in [6.45, 7) is 2.55. The van der Waals surface area contributed by atoms with Crippen LogP contribution >= 0.6 is 0 Å². The number of ether oxygens (including phenoxy) is 2. The van der Waals surface area contributed by atoms with Crippen LogP contribution in [0.1, 0.15) is 18.2 Å². The molecule has 1 aliphatic rings. The van der Waals surface area contributed by atoms with Crippen molar-refractivity contribution in [3.63, 3.8) is 0 Å². The summed E-state index contributed by atoms with van der Waals surface area (Å²) in [6.07, 6.45) is 1.07. The molecule has 2 N–H and O–H groups in total. The van der Waals surface area contributed by atoms with Crippen LogP contribution in [0.15, 0.2) is 24.3 Å². The molecule has 2 aromatic rings. The molecule has 1 aromatic carbocycles. The summed E-state index contributed by atoms with van der Waals surface area (Å²) in [7, 11) is 1.70. The van der Waals surface area contributed by atoms with Crippen LogP contribution < -0.4 is 10.1 Å². The van der Waals surface area contributed by atoms with Crippen LogP contribution in [-0.4, -0.2) is 31.9 Å². The summed E-state index contributed by atoms with van der Waals surface area (Å²) >= 11 is 0. The molecule has 0 radical (unpaired) electrons. The Morgan fingerprint density at radius 1 is 1.39 bits per heavy atom. The summed E-state index contributed by atoms with van der Waals surface area (Å²) < 4.78 is 11.0. The van der Waals surface area contributed by atoms with E-state index in [-0.39, 0.29) is 6.04 Å². The molecular formula is C14H18N2O2. The first-order valence-electron chi connectivity index (χ1n) is 6.35. The highest BCUT2D eigenvalue weighted by Gasteiger charge is 2.17. The molecule has 1 atom stereocenters. The third kappa shape index (κ3) is 2.09. The standard InChI is InChI=1S/C14H18N2O2/c1-17-14-5-2-4-11-10(14)8-12(16-11)13-9-18-7-3-6-15-13/h2,4-5,8,13,15-16H,3,6-7,9H2,1H3. The molecule has 2 heterocycles. The maximum Gasteiger partial charge on any atom is 0.128 e. The minimum absolute atomic E-state index is 0.240.